The minimum atomic E-state index is -2.51. The molecule has 80 valence electrons. The van der Waals surface area contributed by atoms with E-state index in [1.165, 1.54) is 4.57 Å². The van der Waals surface area contributed by atoms with Gasteiger partial charge in [-0.3, -0.25) is 0 Å². The summed E-state index contributed by atoms with van der Waals surface area (Å²) in [5.74, 6) is 0.864. The molecule has 0 amide bonds. The molecule has 1 aliphatic heterocycles. The zero-order valence-corrected chi connectivity index (χ0v) is 8.56. The van der Waals surface area contributed by atoms with Crippen LogP contribution in [-0.4, -0.2) is 6.43 Å². The van der Waals surface area contributed by atoms with Gasteiger partial charge in [-0.05, 0) is 22.7 Å². The van der Waals surface area contributed by atoms with Crippen molar-refractivity contribution in [3.8, 4) is 0 Å². The first-order valence-electron chi connectivity index (χ1n) is 4.83. The third kappa shape index (κ3) is 1.73. The van der Waals surface area contributed by atoms with Crippen molar-refractivity contribution < 1.29 is 13.3 Å². The Morgan fingerprint density at radius 3 is 2.73 bits per heavy atom. The average Bonchev–Trinajstić information content (AvgIpc) is 2.59. The molecule has 0 fully saturated rings. The topological polar surface area (TPSA) is 28.6 Å². The SMILES string of the molecule is CC(C)c1cc[n+]2c(c1)N=NC2C(F)F. The average molecular weight is 212 g/mol. The molecule has 1 aromatic rings. The van der Waals surface area contributed by atoms with Crippen LogP contribution in [0.5, 0.6) is 0 Å². The van der Waals surface area contributed by atoms with Gasteiger partial charge in [-0.2, -0.15) is 4.57 Å². The summed E-state index contributed by atoms with van der Waals surface area (Å²) < 4.78 is 26.4. The van der Waals surface area contributed by atoms with Gasteiger partial charge in [-0.1, -0.05) is 13.8 Å². The molecular formula is C10H12F2N3+. The molecule has 2 rings (SSSR count). The molecule has 0 bridgehead atoms. The number of halogens is 2. The smallest absolute Gasteiger partial charge is 0.203 e. The summed E-state index contributed by atoms with van der Waals surface area (Å²) in [5.41, 5.74) is 1.08. The molecular weight excluding hydrogens is 200 g/mol. The lowest BCUT2D eigenvalue weighted by Gasteiger charge is -2.06. The van der Waals surface area contributed by atoms with Crippen molar-refractivity contribution >= 4 is 5.82 Å². The van der Waals surface area contributed by atoms with E-state index in [0.717, 1.165) is 5.56 Å². The Bertz CT molecular complexity index is 402. The molecule has 1 aromatic heterocycles. The summed E-state index contributed by atoms with van der Waals surface area (Å²) in [6.07, 6.45) is -2.03. The second kappa shape index (κ2) is 3.64. The van der Waals surface area contributed by atoms with Gasteiger partial charge in [0, 0.05) is 6.07 Å². The molecule has 1 atom stereocenters. The van der Waals surface area contributed by atoms with Crippen molar-refractivity contribution in [3.63, 3.8) is 0 Å². The van der Waals surface area contributed by atoms with E-state index in [-0.39, 0.29) is 0 Å². The van der Waals surface area contributed by atoms with E-state index >= 15 is 0 Å². The van der Waals surface area contributed by atoms with Crippen LogP contribution < -0.4 is 4.57 Å². The number of hydrogen-bond acceptors (Lipinski definition) is 2. The molecule has 0 aliphatic carbocycles. The highest BCUT2D eigenvalue weighted by atomic mass is 19.3. The van der Waals surface area contributed by atoms with Gasteiger partial charge in [0.1, 0.15) is 0 Å². The third-order valence-corrected chi connectivity index (χ3v) is 2.44. The maximum Gasteiger partial charge on any atom is 0.352 e. The van der Waals surface area contributed by atoms with Crippen molar-refractivity contribution in [1.82, 2.24) is 0 Å². The molecule has 0 radical (unpaired) electrons. The van der Waals surface area contributed by atoms with Crippen LogP contribution in [0.1, 0.15) is 31.5 Å². The third-order valence-electron chi connectivity index (χ3n) is 2.44. The number of aromatic nitrogens is 1. The summed E-state index contributed by atoms with van der Waals surface area (Å²) >= 11 is 0. The monoisotopic (exact) mass is 212 g/mol. The lowest BCUT2D eigenvalue weighted by molar-refractivity contribution is -0.711. The summed E-state index contributed by atoms with van der Waals surface area (Å²) in [5, 5.41) is 7.29. The molecule has 0 saturated carbocycles. The summed E-state index contributed by atoms with van der Waals surface area (Å²) in [4.78, 5) is 0. The number of azo groups is 1. The fourth-order valence-electron chi connectivity index (χ4n) is 1.52. The predicted molar refractivity (Wildman–Crippen MR) is 50.3 cm³/mol. The molecule has 3 nitrogen and oxygen atoms in total. The van der Waals surface area contributed by atoms with E-state index in [1.807, 2.05) is 19.9 Å². The van der Waals surface area contributed by atoms with Crippen LogP contribution in [0, 0.1) is 0 Å². The van der Waals surface area contributed by atoms with Gasteiger partial charge >= 0.3 is 12.2 Å². The molecule has 1 aliphatic rings. The maximum atomic E-state index is 12.5. The highest BCUT2D eigenvalue weighted by Crippen LogP contribution is 2.26. The van der Waals surface area contributed by atoms with Gasteiger partial charge in [0.05, 0.1) is 11.3 Å². The van der Waals surface area contributed by atoms with Crippen molar-refractivity contribution in [2.75, 3.05) is 0 Å². The molecule has 5 heteroatoms. The fourth-order valence-corrected chi connectivity index (χ4v) is 1.52. The van der Waals surface area contributed by atoms with Crippen LogP contribution in [0.3, 0.4) is 0 Å². The quantitative estimate of drug-likeness (QED) is 0.674. The van der Waals surface area contributed by atoms with Crippen LogP contribution in [0.4, 0.5) is 14.6 Å². The highest BCUT2D eigenvalue weighted by molar-refractivity contribution is 5.28. The van der Waals surface area contributed by atoms with E-state index in [2.05, 4.69) is 10.2 Å². The Balaban J connectivity index is 2.38. The van der Waals surface area contributed by atoms with E-state index < -0.39 is 12.6 Å². The molecule has 0 spiro atoms. The first-order chi connectivity index (χ1) is 7.09. The second-order valence-electron chi connectivity index (χ2n) is 3.84. The predicted octanol–water partition coefficient (Wildman–Crippen LogP) is 2.96. The molecule has 0 aromatic carbocycles. The first-order valence-corrected chi connectivity index (χ1v) is 4.83. The molecule has 0 N–H and O–H groups in total. The van der Waals surface area contributed by atoms with Gasteiger partial charge in [0.2, 0.25) is 0 Å². The fraction of sp³-hybridized carbons (Fsp3) is 0.500. The van der Waals surface area contributed by atoms with Crippen molar-refractivity contribution in [2.45, 2.75) is 32.4 Å². The van der Waals surface area contributed by atoms with Crippen LogP contribution in [0.25, 0.3) is 0 Å². The minimum absolute atomic E-state index is 0.358. The van der Waals surface area contributed by atoms with Gasteiger partial charge in [-0.15, -0.1) is 0 Å². The van der Waals surface area contributed by atoms with Crippen LogP contribution in [0.15, 0.2) is 28.6 Å². The minimum Gasteiger partial charge on any atom is -0.203 e. The zero-order chi connectivity index (χ0) is 11.0. The van der Waals surface area contributed by atoms with E-state index in [9.17, 15) is 8.78 Å². The Kier molecular flexibility index (Phi) is 2.46. The van der Waals surface area contributed by atoms with Crippen LogP contribution >= 0.6 is 0 Å². The standard InChI is InChI=1S/C10H12F2N3/c1-6(2)7-3-4-15-8(5-7)13-14-10(15)9(11)12/h3-6,9-10H,1-2H3/q+1. The van der Waals surface area contributed by atoms with E-state index in [1.54, 1.807) is 12.3 Å². The Morgan fingerprint density at radius 1 is 1.40 bits per heavy atom. The molecule has 0 saturated heterocycles. The Morgan fingerprint density at radius 2 is 2.13 bits per heavy atom. The lowest BCUT2D eigenvalue weighted by Crippen LogP contribution is -2.39. The van der Waals surface area contributed by atoms with Crippen LogP contribution in [-0.2, 0) is 0 Å². The number of hydrogen-bond donors (Lipinski definition) is 0. The molecule has 1 unspecified atom stereocenters. The highest BCUT2D eigenvalue weighted by Gasteiger charge is 2.36. The van der Waals surface area contributed by atoms with E-state index in [4.69, 9.17) is 0 Å². The zero-order valence-electron chi connectivity index (χ0n) is 8.56. The van der Waals surface area contributed by atoms with Crippen LogP contribution in [0.2, 0.25) is 0 Å². The number of fused-ring (bicyclic) bond motifs is 1. The largest absolute Gasteiger partial charge is 0.352 e. The normalized spacial score (nSPS) is 18.9. The molecule has 15 heavy (non-hydrogen) atoms. The number of rotatable bonds is 2. The van der Waals surface area contributed by atoms with Crippen molar-refractivity contribution in [1.29, 1.82) is 0 Å². The Hall–Kier alpha value is -1.39. The van der Waals surface area contributed by atoms with Gasteiger partial charge in [0.25, 0.3) is 6.17 Å². The number of alkyl halides is 2. The van der Waals surface area contributed by atoms with Gasteiger partial charge in [0.15, 0.2) is 0 Å². The van der Waals surface area contributed by atoms with Gasteiger partial charge < -0.3 is 0 Å². The first kappa shape index (κ1) is 10.1. The summed E-state index contributed by atoms with van der Waals surface area (Å²) in [7, 11) is 0. The van der Waals surface area contributed by atoms with Crippen molar-refractivity contribution in [2.24, 2.45) is 10.2 Å². The van der Waals surface area contributed by atoms with Crippen molar-refractivity contribution in [3.05, 3.63) is 23.9 Å². The second-order valence-corrected chi connectivity index (χ2v) is 3.84. The number of pyridine rings is 1. The summed E-state index contributed by atoms with van der Waals surface area (Å²) in [6.45, 7) is 4.09. The van der Waals surface area contributed by atoms with Gasteiger partial charge in [-0.25, -0.2) is 8.78 Å². The summed E-state index contributed by atoms with van der Waals surface area (Å²) in [6, 6.07) is 3.64. The number of nitrogens with zero attached hydrogens (tertiary/aromatic N) is 3. The lowest BCUT2D eigenvalue weighted by atomic mass is 10.1. The molecule has 2 heterocycles. The maximum absolute atomic E-state index is 12.5. The van der Waals surface area contributed by atoms with E-state index in [0.29, 0.717) is 11.7 Å². The Labute approximate surface area is 86.5 Å².